The molecule has 0 aromatic heterocycles. The van der Waals surface area contributed by atoms with E-state index in [0.717, 1.165) is 11.1 Å². The summed E-state index contributed by atoms with van der Waals surface area (Å²) < 4.78 is 11.4. The van der Waals surface area contributed by atoms with Crippen LogP contribution in [0.4, 0.5) is 0 Å². The summed E-state index contributed by atoms with van der Waals surface area (Å²) in [5.74, 6) is 0. The zero-order valence-electron chi connectivity index (χ0n) is 14.7. The van der Waals surface area contributed by atoms with Gasteiger partial charge in [0.1, 0.15) is 11.7 Å². The maximum absolute atomic E-state index is 10.8. The molecule has 5 nitrogen and oxygen atoms in total. The molecule has 0 heterocycles. The van der Waals surface area contributed by atoms with Crippen molar-refractivity contribution in [2.75, 3.05) is 6.61 Å². The van der Waals surface area contributed by atoms with Crippen LogP contribution in [0.25, 0.3) is 0 Å². The number of aliphatic hydroxyl groups is 3. The molecule has 0 bridgehead atoms. The fourth-order valence-corrected chi connectivity index (χ4v) is 3.29. The average Bonchev–Trinajstić information content (AvgIpc) is 2.68. The van der Waals surface area contributed by atoms with Crippen molar-refractivity contribution in [2.24, 2.45) is 0 Å². The minimum Gasteiger partial charge on any atom is -0.390 e. The molecule has 1 fully saturated rings. The highest BCUT2D eigenvalue weighted by Crippen LogP contribution is 2.32. The van der Waals surface area contributed by atoms with Gasteiger partial charge in [0, 0.05) is 0 Å². The van der Waals surface area contributed by atoms with Crippen LogP contribution in [0.15, 0.2) is 60.7 Å². The summed E-state index contributed by atoms with van der Waals surface area (Å²) in [5.41, 5.74) is 0.219. The summed E-state index contributed by atoms with van der Waals surface area (Å²) in [5, 5.41) is 31.7. The van der Waals surface area contributed by atoms with Crippen molar-refractivity contribution in [2.45, 2.75) is 50.0 Å². The molecule has 4 atom stereocenters. The van der Waals surface area contributed by atoms with Crippen LogP contribution < -0.4 is 0 Å². The minimum absolute atomic E-state index is 0.157. The lowest BCUT2D eigenvalue weighted by Gasteiger charge is -2.44. The van der Waals surface area contributed by atoms with Gasteiger partial charge in [0.25, 0.3) is 0 Å². The van der Waals surface area contributed by atoms with Gasteiger partial charge in [-0.25, -0.2) is 0 Å². The predicted molar refractivity (Wildman–Crippen MR) is 97.3 cm³/mol. The van der Waals surface area contributed by atoms with Crippen molar-refractivity contribution in [3.63, 3.8) is 0 Å². The molecule has 2 aromatic rings. The Bertz CT molecular complexity index is 663. The highest BCUT2D eigenvalue weighted by atomic mass is 16.5. The number of aliphatic hydroxyl groups excluding tert-OH is 2. The molecular formula is C21H26O5. The molecule has 0 unspecified atom stereocenters. The second-order valence-electron chi connectivity index (χ2n) is 6.84. The molecule has 1 saturated carbocycles. The first-order chi connectivity index (χ1) is 12.6. The third kappa shape index (κ3) is 4.50. The van der Waals surface area contributed by atoms with Crippen LogP contribution in [-0.4, -0.2) is 45.8 Å². The van der Waals surface area contributed by atoms with Gasteiger partial charge in [0.15, 0.2) is 0 Å². The minimum atomic E-state index is -1.74. The Morgan fingerprint density at radius 3 is 2.04 bits per heavy atom. The molecule has 3 rings (SSSR count). The lowest BCUT2D eigenvalue weighted by molar-refractivity contribution is -0.234. The Labute approximate surface area is 153 Å². The number of hydrogen-bond acceptors (Lipinski definition) is 5. The van der Waals surface area contributed by atoms with E-state index in [1.807, 2.05) is 60.7 Å². The number of benzene rings is 2. The van der Waals surface area contributed by atoms with Crippen LogP contribution in [0.1, 0.15) is 24.0 Å². The number of ether oxygens (including phenoxy) is 2. The van der Waals surface area contributed by atoms with Gasteiger partial charge < -0.3 is 24.8 Å². The summed E-state index contributed by atoms with van der Waals surface area (Å²) >= 11 is 0. The molecule has 0 amide bonds. The van der Waals surface area contributed by atoms with Crippen molar-refractivity contribution < 1.29 is 24.8 Å². The van der Waals surface area contributed by atoms with Gasteiger partial charge in [0.2, 0.25) is 0 Å². The van der Waals surface area contributed by atoms with E-state index in [4.69, 9.17) is 9.47 Å². The van der Waals surface area contributed by atoms with E-state index in [9.17, 15) is 15.3 Å². The van der Waals surface area contributed by atoms with E-state index in [1.165, 1.54) is 0 Å². The summed E-state index contributed by atoms with van der Waals surface area (Å²) in [6.07, 6.45) is -1.99. The lowest BCUT2D eigenvalue weighted by Crippen LogP contribution is -2.63. The normalized spacial score (nSPS) is 28.8. The quantitative estimate of drug-likeness (QED) is 0.706. The van der Waals surface area contributed by atoms with Gasteiger partial charge in [-0.2, -0.15) is 0 Å². The standard InChI is InChI=1S/C21H26O5/c22-19-12-11-18(26-14-17-9-5-2-6-10-17)20(23)21(19,24)15-25-13-16-7-3-1-4-8-16/h1-10,18-20,22-24H,11-15H2/t18-,19+,20+,21-/m1/s1. The van der Waals surface area contributed by atoms with Gasteiger partial charge in [-0.3, -0.25) is 0 Å². The van der Waals surface area contributed by atoms with Crippen molar-refractivity contribution in [3.8, 4) is 0 Å². The summed E-state index contributed by atoms with van der Waals surface area (Å²) in [4.78, 5) is 0. The maximum Gasteiger partial charge on any atom is 0.142 e. The fraction of sp³-hybridized carbons (Fsp3) is 0.429. The fourth-order valence-electron chi connectivity index (χ4n) is 3.29. The zero-order chi connectivity index (χ0) is 18.4. The third-order valence-corrected chi connectivity index (χ3v) is 4.92. The summed E-state index contributed by atoms with van der Waals surface area (Å²) in [6.45, 7) is 0.493. The first kappa shape index (κ1) is 19.0. The number of rotatable bonds is 7. The molecule has 140 valence electrons. The molecule has 26 heavy (non-hydrogen) atoms. The molecule has 0 radical (unpaired) electrons. The van der Waals surface area contributed by atoms with E-state index >= 15 is 0 Å². The third-order valence-electron chi connectivity index (χ3n) is 4.92. The number of hydrogen-bond donors (Lipinski definition) is 3. The van der Waals surface area contributed by atoms with Crippen molar-refractivity contribution in [1.29, 1.82) is 0 Å². The van der Waals surface area contributed by atoms with Gasteiger partial charge >= 0.3 is 0 Å². The van der Waals surface area contributed by atoms with E-state index in [1.54, 1.807) is 0 Å². The second-order valence-corrected chi connectivity index (χ2v) is 6.84. The molecule has 0 spiro atoms. The molecule has 1 aliphatic carbocycles. The molecule has 5 heteroatoms. The summed E-state index contributed by atoms with van der Waals surface area (Å²) in [6, 6.07) is 19.2. The Hall–Kier alpha value is -1.76. The maximum atomic E-state index is 10.8. The van der Waals surface area contributed by atoms with Crippen LogP contribution in [0, 0.1) is 0 Å². The predicted octanol–water partition coefficient (Wildman–Crippen LogP) is 2.04. The van der Waals surface area contributed by atoms with E-state index in [2.05, 4.69) is 0 Å². The van der Waals surface area contributed by atoms with Gasteiger partial charge in [-0.05, 0) is 24.0 Å². The van der Waals surface area contributed by atoms with Crippen LogP contribution in [0.3, 0.4) is 0 Å². The molecular weight excluding hydrogens is 332 g/mol. The topological polar surface area (TPSA) is 79.2 Å². The van der Waals surface area contributed by atoms with Gasteiger partial charge in [-0.15, -0.1) is 0 Å². The molecule has 0 aliphatic heterocycles. The van der Waals surface area contributed by atoms with Crippen LogP contribution >= 0.6 is 0 Å². The van der Waals surface area contributed by atoms with E-state index in [0.29, 0.717) is 26.1 Å². The molecule has 2 aromatic carbocycles. The lowest BCUT2D eigenvalue weighted by atomic mass is 9.78. The van der Waals surface area contributed by atoms with E-state index < -0.39 is 23.9 Å². The summed E-state index contributed by atoms with van der Waals surface area (Å²) in [7, 11) is 0. The smallest absolute Gasteiger partial charge is 0.142 e. The zero-order valence-corrected chi connectivity index (χ0v) is 14.7. The molecule has 0 saturated heterocycles. The Balaban J connectivity index is 1.57. The van der Waals surface area contributed by atoms with Crippen LogP contribution in [-0.2, 0) is 22.7 Å². The van der Waals surface area contributed by atoms with E-state index in [-0.39, 0.29) is 6.61 Å². The molecule has 1 aliphatic rings. The van der Waals surface area contributed by atoms with Crippen LogP contribution in [0.2, 0.25) is 0 Å². The van der Waals surface area contributed by atoms with Crippen molar-refractivity contribution in [3.05, 3.63) is 71.8 Å². The monoisotopic (exact) mass is 358 g/mol. The SMILES string of the molecule is O[C@H]1CC[C@@H](OCc2ccccc2)[C@H](O)[C@@]1(O)COCc1ccccc1. The first-order valence-corrected chi connectivity index (χ1v) is 8.95. The van der Waals surface area contributed by atoms with Crippen molar-refractivity contribution >= 4 is 0 Å². The average molecular weight is 358 g/mol. The Morgan fingerprint density at radius 1 is 0.846 bits per heavy atom. The van der Waals surface area contributed by atoms with Crippen molar-refractivity contribution in [1.82, 2.24) is 0 Å². The highest BCUT2D eigenvalue weighted by molar-refractivity contribution is 5.14. The van der Waals surface area contributed by atoms with Gasteiger partial charge in [-0.1, -0.05) is 60.7 Å². The first-order valence-electron chi connectivity index (χ1n) is 8.95. The highest BCUT2D eigenvalue weighted by Gasteiger charge is 2.50. The van der Waals surface area contributed by atoms with Gasteiger partial charge in [0.05, 0.1) is 32.0 Å². The van der Waals surface area contributed by atoms with Crippen LogP contribution in [0.5, 0.6) is 0 Å². The molecule has 3 N–H and O–H groups in total. The largest absolute Gasteiger partial charge is 0.390 e. The second kappa shape index (κ2) is 8.75. The Morgan fingerprint density at radius 2 is 1.42 bits per heavy atom. The Kier molecular flexibility index (Phi) is 6.40.